The average molecular weight is 338 g/mol. The van der Waals surface area contributed by atoms with Gasteiger partial charge in [0, 0.05) is 5.54 Å². The Labute approximate surface area is 132 Å². The molecule has 1 aromatic carbocycles. The number of amides is 2. The van der Waals surface area contributed by atoms with Crippen LogP contribution in [0.4, 0.5) is 10.5 Å². The first kappa shape index (κ1) is 16.9. The van der Waals surface area contributed by atoms with Gasteiger partial charge in [-0.2, -0.15) is 0 Å². The molecular formula is C12H15Cl3N4O. The summed E-state index contributed by atoms with van der Waals surface area (Å²) < 4.78 is 0. The van der Waals surface area contributed by atoms with Crippen molar-refractivity contribution < 1.29 is 4.79 Å². The lowest BCUT2D eigenvalue weighted by Gasteiger charge is -2.20. The van der Waals surface area contributed by atoms with Gasteiger partial charge < -0.3 is 11.1 Å². The molecule has 1 aromatic rings. The molecule has 20 heavy (non-hydrogen) atoms. The van der Waals surface area contributed by atoms with Gasteiger partial charge in [-0.3, -0.25) is 5.32 Å². The van der Waals surface area contributed by atoms with Crippen LogP contribution in [0.15, 0.2) is 17.1 Å². The largest absolute Gasteiger partial charge is 0.369 e. The molecule has 5 nitrogen and oxygen atoms in total. The Bertz CT molecular complexity index is 529. The van der Waals surface area contributed by atoms with Crippen LogP contribution < -0.4 is 16.4 Å². The highest BCUT2D eigenvalue weighted by molar-refractivity contribution is 6.48. The van der Waals surface area contributed by atoms with Crippen molar-refractivity contribution in [3.05, 3.63) is 27.2 Å². The molecule has 0 saturated heterocycles. The quantitative estimate of drug-likeness (QED) is 0.415. The minimum Gasteiger partial charge on any atom is -0.369 e. The molecule has 1 rings (SSSR count). The summed E-state index contributed by atoms with van der Waals surface area (Å²) in [4.78, 5) is 15.6. The molecule has 8 heteroatoms. The molecule has 0 spiro atoms. The molecule has 0 aliphatic rings. The van der Waals surface area contributed by atoms with Crippen molar-refractivity contribution in [1.29, 1.82) is 0 Å². The van der Waals surface area contributed by atoms with Crippen LogP contribution in [0.3, 0.4) is 0 Å². The molecule has 0 radical (unpaired) electrons. The number of carbonyl (C=O) groups excluding carboxylic acids is 1. The molecule has 0 heterocycles. The summed E-state index contributed by atoms with van der Waals surface area (Å²) in [5.41, 5.74) is 5.63. The number of benzene rings is 1. The Morgan fingerprint density at radius 2 is 1.70 bits per heavy atom. The lowest BCUT2D eigenvalue weighted by Crippen LogP contribution is -2.50. The lowest BCUT2D eigenvalue weighted by molar-refractivity contribution is 0.236. The van der Waals surface area contributed by atoms with E-state index in [1.165, 1.54) is 12.1 Å². The molecule has 110 valence electrons. The molecule has 0 bridgehead atoms. The molecule has 0 unspecified atom stereocenters. The minimum atomic E-state index is -0.454. The lowest BCUT2D eigenvalue weighted by atomic mass is 10.1. The first-order valence-corrected chi connectivity index (χ1v) is 6.80. The molecule has 0 fully saturated rings. The summed E-state index contributed by atoms with van der Waals surface area (Å²) in [6.07, 6.45) is 0. The zero-order chi connectivity index (χ0) is 15.5. The highest BCUT2D eigenvalue weighted by Gasteiger charge is 2.14. The summed E-state index contributed by atoms with van der Waals surface area (Å²) in [6.45, 7) is 5.54. The fourth-order valence-electron chi connectivity index (χ4n) is 1.26. The number of urea groups is 1. The minimum absolute atomic E-state index is 0.0822. The fraction of sp³-hybridized carbons (Fsp3) is 0.333. The molecule has 0 saturated carbocycles. The van der Waals surface area contributed by atoms with Crippen molar-refractivity contribution >= 4 is 52.5 Å². The summed E-state index contributed by atoms with van der Waals surface area (Å²) in [7, 11) is 0. The predicted molar refractivity (Wildman–Crippen MR) is 84.2 cm³/mol. The van der Waals surface area contributed by atoms with Crippen molar-refractivity contribution in [1.82, 2.24) is 10.6 Å². The zero-order valence-electron chi connectivity index (χ0n) is 11.2. The summed E-state index contributed by atoms with van der Waals surface area (Å²) in [5.74, 6) is -0.0822. The number of nitrogens with two attached hydrogens (primary N) is 1. The van der Waals surface area contributed by atoms with Gasteiger partial charge in [0.25, 0.3) is 0 Å². The summed E-state index contributed by atoms with van der Waals surface area (Å²) in [6, 6.07) is 2.53. The van der Waals surface area contributed by atoms with E-state index < -0.39 is 6.03 Å². The van der Waals surface area contributed by atoms with Gasteiger partial charge in [-0.25, -0.2) is 9.79 Å². The van der Waals surface area contributed by atoms with E-state index >= 15 is 0 Å². The van der Waals surface area contributed by atoms with Crippen LogP contribution in [0.2, 0.25) is 15.1 Å². The van der Waals surface area contributed by atoms with E-state index in [2.05, 4.69) is 15.6 Å². The third-order valence-electron chi connectivity index (χ3n) is 1.95. The van der Waals surface area contributed by atoms with Gasteiger partial charge in [0.05, 0.1) is 20.8 Å². The second kappa shape index (κ2) is 6.52. The molecule has 0 aromatic heterocycles. The van der Waals surface area contributed by atoms with E-state index in [9.17, 15) is 4.79 Å². The van der Waals surface area contributed by atoms with Gasteiger partial charge in [-0.1, -0.05) is 34.8 Å². The maximum atomic E-state index is 11.6. The topological polar surface area (TPSA) is 79.5 Å². The van der Waals surface area contributed by atoms with Gasteiger partial charge in [0.2, 0.25) is 5.96 Å². The van der Waals surface area contributed by atoms with Crippen LogP contribution in [0.25, 0.3) is 0 Å². The second-order valence-electron chi connectivity index (χ2n) is 5.05. The van der Waals surface area contributed by atoms with Crippen LogP contribution in [0.5, 0.6) is 0 Å². The number of aliphatic imine (C=N–C) groups is 1. The average Bonchev–Trinajstić information content (AvgIpc) is 2.22. The van der Waals surface area contributed by atoms with Crippen LogP contribution >= 0.6 is 34.8 Å². The van der Waals surface area contributed by atoms with Crippen molar-refractivity contribution in [2.45, 2.75) is 26.3 Å². The Balaban J connectivity index is 2.82. The first-order chi connectivity index (χ1) is 9.08. The maximum Gasteiger partial charge on any atom is 0.321 e. The van der Waals surface area contributed by atoms with Gasteiger partial charge in [0.15, 0.2) is 0 Å². The van der Waals surface area contributed by atoms with E-state index in [1.54, 1.807) is 0 Å². The number of halogens is 3. The summed E-state index contributed by atoms with van der Waals surface area (Å²) in [5, 5.41) is 5.83. The highest BCUT2D eigenvalue weighted by Crippen LogP contribution is 2.34. The smallest absolute Gasteiger partial charge is 0.321 e. The monoisotopic (exact) mass is 336 g/mol. The van der Waals surface area contributed by atoms with E-state index in [0.717, 1.165) is 0 Å². The SMILES string of the molecule is CC(C)(C)NC(=O)NC(N)=Nc1cc(Cl)c(Cl)c(Cl)c1. The molecule has 0 aliphatic carbocycles. The molecular weight excluding hydrogens is 323 g/mol. The van der Waals surface area contributed by atoms with Crippen LogP contribution in [-0.4, -0.2) is 17.5 Å². The van der Waals surface area contributed by atoms with Gasteiger partial charge >= 0.3 is 6.03 Å². The Morgan fingerprint density at radius 1 is 1.20 bits per heavy atom. The molecule has 0 atom stereocenters. The van der Waals surface area contributed by atoms with Crippen LogP contribution in [-0.2, 0) is 0 Å². The molecule has 0 aliphatic heterocycles. The number of hydrogen-bond acceptors (Lipinski definition) is 2. The number of carbonyl (C=O) groups is 1. The highest BCUT2D eigenvalue weighted by atomic mass is 35.5. The number of nitrogens with zero attached hydrogens (tertiary/aromatic N) is 1. The van der Waals surface area contributed by atoms with E-state index in [0.29, 0.717) is 5.69 Å². The predicted octanol–water partition coefficient (Wildman–Crippen LogP) is 3.69. The maximum absolute atomic E-state index is 11.6. The number of guanidine groups is 1. The fourth-order valence-corrected chi connectivity index (χ4v) is 1.85. The van der Waals surface area contributed by atoms with Gasteiger partial charge in [-0.15, -0.1) is 0 Å². The van der Waals surface area contributed by atoms with Crippen molar-refractivity contribution in [2.24, 2.45) is 10.7 Å². The van der Waals surface area contributed by atoms with Crippen molar-refractivity contribution in [2.75, 3.05) is 0 Å². The van der Waals surface area contributed by atoms with Crippen LogP contribution in [0, 0.1) is 0 Å². The first-order valence-electron chi connectivity index (χ1n) is 5.66. The third-order valence-corrected chi connectivity index (χ3v) is 3.15. The number of rotatable bonds is 1. The van der Waals surface area contributed by atoms with E-state index in [1.807, 2.05) is 20.8 Å². The molecule has 2 amide bonds. The standard InChI is InChI=1S/C12H15Cl3N4O/c1-12(2,3)19-11(20)18-10(16)17-6-4-7(13)9(15)8(14)5-6/h4-5H,1-3H3,(H4,16,17,18,19,20). The number of hydrogen-bond donors (Lipinski definition) is 3. The van der Waals surface area contributed by atoms with E-state index in [4.69, 9.17) is 40.5 Å². The zero-order valence-corrected chi connectivity index (χ0v) is 13.5. The summed E-state index contributed by atoms with van der Waals surface area (Å²) >= 11 is 17.6. The number of nitrogens with one attached hydrogen (secondary N) is 2. The van der Waals surface area contributed by atoms with Gasteiger partial charge in [-0.05, 0) is 32.9 Å². The van der Waals surface area contributed by atoms with Crippen molar-refractivity contribution in [3.8, 4) is 0 Å². The Morgan fingerprint density at radius 3 is 2.15 bits per heavy atom. The normalized spacial score (nSPS) is 12.2. The Hall–Kier alpha value is -1.17. The van der Waals surface area contributed by atoms with Crippen LogP contribution in [0.1, 0.15) is 20.8 Å². The van der Waals surface area contributed by atoms with Gasteiger partial charge in [0.1, 0.15) is 0 Å². The molecule has 4 N–H and O–H groups in total. The second-order valence-corrected chi connectivity index (χ2v) is 6.24. The third kappa shape index (κ3) is 5.45. The Kier molecular flexibility index (Phi) is 5.50. The van der Waals surface area contributed by atoms with E-state index in [-0.39, 0.29) is 26.6 Å². The van der Waals surface area contributed by atoms with Crippen molar-refractivity contribution in [3.63, 3.8) is 0 Å².